The number of pyridine rings is 1. The van der Waals surface area contributed by atoms with Gasteiger partial charge in [-0.15, -0.1) is 0 Å². The number of aromatic nitrogens is 2. The van der Waals surface area contributed by atoms with E-state index in [4.69, 9.17) is 21.9 Å². The highest BCUT2D eigenvalue weighted by Gasteiger charge is 2.33. The Balaban J connectivity index is 1.76. The largest absolute Gasteiger partial charge is 0.382 e. The van der Waals surface area contributed by atoms with Crippen molar-refractivity contribution in [1.82, 2.24) is 14.3 Å². The number of carbonyl (C=O) groups is 1. The minimum absolute atomic E-state index is 0.161. The molecule has 4 heterocycles. The number of fused-ring (bicyclic) bond motifs is 1. The van der Waals surface area contributed by atoms with Crippen molar-refractivity contribution in [2.45, 2.75) is 40.5 Å². The highest BCUT2D eigenvalue weighted by atomic mass is 32.2. The predicted octanol–water partition coefficient (Wildman–Crippen LogP) is 4.11. The van der Waals surface area contributed by atoms with E-state index in [9.17, 15) is 9.59 Å². The molecule has 2 fully saturated rings. The fourth-order valence-electron chi connectivity index (χ4n) is 4.80. The molecule has 0 saturated carbocycles. The Hall–Kier alpha value is -2.23. The van der Waals surface area contributed by atoms with Crippen LogP contribution in [0.3, 0.4) is 0 Å². The summed E-state index contributed by atoms with van der Waals surface area (Å²) in [6, 6.07) is 3.80. The number of anilines is 1. The molecule has 182 valence electrons. The highest BCUT2D eigenvalue weighted by molar-refractivity contribution is 8.26. The lowest BCUT2D eigenvalue weighted by Crippen LogP contribution is -2.40. The third-order valence-corrected chi connectivity index (χ3v) is 7.63. The summed E-state index contributed by atoms with van der Waals surface area (Å²) in [6.07, 6.45) is 5.30. The molecule has 1 amide bonds. The summed E-state index contributed by atoms with van der Waals surface area (Å²) in [7, 11) is 0. The first-order valence-electron chi connectivity index (χ1n) is 11.9. The first-order chi connectivity index (χ1) is 16.3. The van der Waals surface area contributed by atoms with E-state index in [1.807, 2.05) is 26.0 Å². The van der Waals surface area contributed by atoms with Crippen LogP contribution >= 0.6 is 24.0 Å². The number of thioether (sulfide) groups is 1. The fraction of sp³-hybridized carbons (Fsp3) is 0.520. The number of thiocarbonyl (C=S) groups is 1. The first-order valence-corrected chi connectivity index (χ1v) is 13.1. The molecular weight excluding hydrogens is 468 g/mol. The molecule has 0 aromatic carbocycles. The van der Waals surface area contributed by atoms with Crippen molar-refractivity contribution in [2.24, 2.45) is 11.8 Å². The molecule has 0 spiro atoms. The van der Waals surface area contributed by atoms with E-state index in [0.29, 0.717) is 64.3 Å². The maximum absolute atomic E-state index is 13.7. The number of aryl methyl sites for hydroxylation is 1. The standard InChI is InChI=1S/C25H32N4O3S2/c1-5-32-11-7-10-29-24(31)20(34-25(29)33)13-19-22(27-14-16(2)12-17(3)15-27)26-21-18(4)8-6-9-28(21)23(19)30/h6,8-9,13,16-17H,5,7,10-12,14-15H2,1-4H3/b20-13+/t16-,17-/m1/s1. The van der Waals surface area contributed by atoms with Gasteiger partial charge >= 0.3 is 0 Å². The second-order valence-corrected chi connectivity index (χ2v) is 10.9. The quantitative estimate of drug-likeness (QED) is 0.322. The molecule has 7 nitrogen and oxygen atoms in total. The maximum atomic E-state index is 13.7. The Morgan fingerprint density at radius 1 is 1.26 bits per heavy atom. The van der Waals surface area contributed by atoms with Crippen LogP contribution in [-0.2, 0) is 9.53 Å². The number of amides is 1. The second-order valence-electron chi connectivity index (χ2n) is 9.27. The molecule has 0 unspecified atom stereocenters. The van der Waals surface area contributed by atoms with E-state index in [2.05, 4.69) is 18.7 Å². The summed E-state index contributed by atoms with van der Waals surface area (Å²) in [5.74, 6) is 1.49. The molecule has 0 radical (unpaired) electrons. The third kappa shape index (κ3) is 5.06. The SMILES string of the molecule is CCOCCCN1C(=O)/C(=C\c2c(N3C[C@H](C)C[C@@H](C)C3)nc3c(C)cccn3c2=O)SC1=S. The molecular formula is C25H32N4O3S2. The molecule has 9 heteroatoms. The second kappa shape index (κ2) is 10.6. The van der Waals surface area contributed by atoms with Crippen LogP contribution in [-0.4, -0.2) is 57.4 Å². The number of nitrogens with zero attached hydrogens (tertiary/aromatic N) is 4. The Kier molecular flexibility index (Phi) is 7.74. The van der Waals surface area contributed by atoms with Crippen LogP contribution in [0.25, 0.3) is 11.7 Å². The van der Waals surface area contributed by atoms with Crippen LogP contribution < -0.4 is 10.5 Å². The number of hydrogen-bond acceptors (Lipinski definition) is 7. The van der Waals surface area contributed by atoms with E-state index in [1.165, 1.54) is 11.8 Å². The Morgan fingerprint density at radius 2 is 2.00 bits per heavy atom. The summed E-state index contributed by atoms with van der Waals surface area (Å²) in [6.45, 7) is 11.8. The lowest BCUT2D eigenvalue weighted by atomic mass is 9.91. The molecule has 2 aliphatic heterocycles. The zero-order chi connectivity index (χ0) is 24.4. The van der Waals surface area contributed by atoms with Gasteiger partial charge in [-0.3, -0.25) is 18.9 Å². The molecule has 2 saturated heterocycles. The molecule has 4 rings (SSSR count). The molecule has 0 aliphatic carbocycles. The van der Waals surface area contributed by atoms with Crippen molar-refractivity contribution in [3.63, 3.8) is 0 Å². The maximum Gasteiger partial charge on any atom is 0.267 e. The van der Waals surface area contributed by atoms with E-state index >= 15 is 0 Å². The van der Waals surface area contributed by atoms with Crippen molar-refractivity contribution < 1.29 is 9.53 Å². The normalized spacial score (nSPS) is 22.4. The molecule has 0 bridgehead atoms. The molecule has 2 atom stereocenters. The summed E-state index contributed by atoms with van der Waals surface area (Å²) in [5.41, 5.74) is 1.86. The minimum atomic E-state index is -0.170. The van der Waals surface area contributed by atoms with Crippen LogP contribution in [0.1, 0.15) is 44.7 Å². The van der Waals surface area contributed by atoms with Crippen molar-refractivity contribution in [1.29, 1.82) is 0 Å². The van der Waals surface area contributed by atoms with E-state index in [0.717, 1.165) is 25.1 Å². The molecule has 34 heavy (non-hydrogen) atoms. The van der Waals surface area contributed by atoms with Crippen LogP contribution in [0.2, 0.25) is 0 Å². The highest BCUT2D eigenvalue weighted by Crippen LogP contribution is 2.34. The zero-order valence-corrected chi connectivity index (χ0v) is 21.9. The molecule has 0 N–H and O–H groups in total. The van der Waals surface area contributed by atoms with Crippen LogP contribution in [0.5, 0.6) is 0 Å². The number of piperidine rings is 1. The number of hydrogen-bond donors (Lipinski definition) is 0. The van der Waals surface area contributed by atoms with Gasteiger partial charge in [-0.25, -0.2) is 4.98 Å². The third-order valence-electron chi connectivity index (χ3n) is 6.26. The van der Waals surface area contributed by atoms with Crippen LogP contribution in [0.4, 0.5) is 5.82 Å². The number of rotatable bonds is 7. The van der Waals surface area contributed by atoms with E-state index in [-0.39, 0.29) is 11.5 Å². The summed E-state index contributed by atoms with van der Waals surface area (Å²) in [5, 5.41) is 0. The van der Waals surface area contributed by atoms with Gasteiger partial charge in [0.25, 0.3) is 11.5 Å². The minimum Gasteiger partial charge on any atom is -0.382 e. The lowest BCUT2D eigenvalue weighted by molar-refractivity contribution is -0.122. The van der Waals surface area contributed by atoms with Gasteiger partial charge in [-0.05, 0) is 56.2 Å². The number of ether oxygens (including phenoxy) is 1. The van der Waals surface area contributed by atoms with Crippen molar-refractivity contribution in [3.8, 4) is 0 Å². The van der Waals surface area contributed by atoms with E-state index in [1.54, 1.807) is 21.6 Å². The van der Waals surface area contributed by atoms with Gasteiger partial charge in [-0.2, -0.15) is 0 Å². The van der Waals surface area contributed by atoms with Gasteiger partial charge in [0.05, 0.1) is 10.5 Å². The van der Waals surface area contributed by atoms with Crippen molar-refractivity contribution in [2.75, 3.05) is 37.7 Å². The molecule has 2 aromatic heterocycles. The molecule has 2 aliphatic rings. The molecule has 2 aromatic rings. The Bertz CT molecular complexity index is 1180. The fourth-order valence-corrected chi connectivity index (χ4v) is 6.09. The van der Waals surface area contributed by atoms with Crippen LogP contribution in [0.15, 0.2) is 28.0 Å². The van der Waals surface area contributed by atoms with Gasteiger partial charge in [-0.1, -0.05) is 43.9 Å². The van der Waals surface area contributed by atoms with Crippen LogP contribution in [0, 0.1) is 18.8 Å². The summed E-state index contributed by atoms with van der Waals surface area (Å²) >= 11 is 6.73. The van der Waals surface area contributed by atoms with Crippen molar-refractivity contribution >= 4 is 51.7 Å². The zero-order valence-electron chi connectivity index (χ0n) is 20.2. The van der Waals surface area contributed by atoms with E-state index < -0.39 is 0 Å². The van der Waals surface area contributed by atoms with Gasteiger partial charge < -0.3 is 9.64 Å². The van der Waals surface area contributed by atoms with Crippen molar-refractivity contribution in [3.05, 3.63) is 44.7 Å². The van der Waals surface area contributed by atoms with Gasteiger partial charge in [0, 0.05) is 39.0 Å². The summed E-state index contributed by atoms with van der Waals surface area (Å²) < 4.78 is 7.48. The average Bonchev–Trinajstić information content (AvgIpc) is 3.05. The predicted molar refractivity (Wildman–Crippen MR) is 142 cm³/mol. The Labute approximate surface area is 210 Å². The van der Waals surface area contributed by atoms with Gasteiger partial charge in [0.15, 0.2) is 0 Å². The summed E-state index contributed by atoms with van der Waals surface area (Å²) in [4.78, 5) is 36.1. The topological polar surface area (TPSA) is 67.2 Å². The average molecular weight is 501 g/mol. The first kappa shape index (κ1) is 24.9. The Morgan fingerprint density at radius 3 is 2.71 bits per heavy atom. The monoisotopic (exact) mass is 500 g/mol. The smallest absolute Gasteiger partial charge is 0.267 e. The van der Waals surface area contributed by atoms with Gasteiger partial charge in [0.1, 0.15) is 15.8 Å². The number of carbonyl (C=O) groups excluding carboxylic acids is 1. The lowest BCUT2D eigenvalue weighted by Gasteiger charge is -2.36. The van der Waals surface area contributed by atoms with Gasteiger partial charge in [0.2, 0.25) is 0 Å².